The summed E-state index contributed by atoms with van der Waals surface area (Å²) >= 11 is 0. The average molecular weight is 410 g/mol. The van der Waals surface area contributed by atoms with E-state index in [4.69, 9.17) is 10.5 Å². The van der Waals surface area contributed by atoms with Gasteiger partial charge in [0, 0.05) is 6.54 Å². The number of rotatable bonds is 8. The van der Waals surface area contributed by atoms with E-state index in [2.05, 4.69) is 21.6 Å². The third-order valence-corrected chi connectivity index (χ3v) is 5.96. The molecule has 1 saturated heterocycles. The van der Waals surface area contributed by atoms with Crippen LogP contribution in [0.1, 0.15) is 24.8 Å². The lowest BCUT2D eigenvalue weighted by atomic mass is 10.1. The number of fused-ring (bicyclic) bond motifs is 1. The fourth-order valence-corrected chi connectivity index (χ4v) is 4.25. The van der Waals surface area contributed by atoms with Crippen molar-refractivity contribution in [3.05, 3.63) is 54.1 Å². The molecule has 0 unspecified atom stereocenters. The number of aromatic nitrogens is 2. The van der Waals surface area contributed by atoms with Gasteiger partial charge in [-0.3, -0.25) is 5.73 Å². The van der Waals surface area contributed by atoms with Crippen molar-refractivity contribution >= 4 is 17.0 Å². The average Bonchev–Trinajstić information content (AvgIpc) is 3.03. The summed E-state index contributed by atoms with van der Waals surface area (Å²) in [5, 5.41) is 10.6. The highest BCUT2D eigenvalue weighted by Gasteiger charge is 2.23. The summed E-state index contributed by atoms with van der Waals surface area (Å²) < 4.78 is 9.95. The van der Waals surface area contributed by atoms with Crippen molar-refractivity contribution in [2.45, 2.75) is 45.4 Å². The summed E-state index contributed by atoms with van der Waals surface area (Å²) in [6.45, 7) is 6.87. The number of ether oxygens (including phenoxy) is 1. The highest BCUT2D eigenvalue weighted by molar-refractivity contribution is 5.73. The number of aryl methyl sites for hydroxylation is 1. The highest BCUT2D eigenvalue weighted by atomic mass is 16.5. The van der Waals surface area contributed by atoms with Crippen LogP contribution in [-0.2, 0) is 13.1 Å². The largest absolute Gasteiger partial charge is 0.491 e. The van der Waals surface area contributed by atoms with Gasteiger partial charge in [0.15, 0.2) is 0 Å². The topological polar surface area (TPSA) is 67.5 Å². The summed E-state index contributed by atoms with van der Waals surface area (Å²) in [5.41, 5.74) is 9.90. The van der Waals surface area contributed by atoms with Crippen molar-refractivity contribution in [2.75, 3.05) is 32.0 Å². The summed E-state index contributed by atoms with van der Waals surface area (Å²) in [6.07, 6.45) is 3.26. The first-order valence-electron chi connectivity index (χ1n) is 11.0. The second-order valence-electron chi connectivity index (χ2n) is 8.29. The van der Waals surface area contributed by atoms with Gasteiger partial charge in [-0.05, 0) is 57.1 Å². The number of nitrogen functional groups attached to an aromatic ring is 1. The van der Waals surface area contributed by atoms with E-state index in [1.165, 1.54) is 37.9 Å². The first-order chi connectivity index (χ1) is 14.6. The fraction of sp³-hybridized carbons (Fsp3) is 0.458. The maximum absolute atomic E-state index is 10.6. The van der Waals surface area contributed by atoms with Gasteiger partial charge in [0.05, 0.1) is 6.54 Å². The molecule has 1 aromatic heterocycles. The highest BCUT2D eigenvalue weighted by Crippen LogP contribution is 2.18. The third-order valence-electron chi connectivity index (χ3n) is 5.96. The van der Waals surface area contributed by atoms with Gasteiger partial charge in [-0.2, -0.15) is 0 Å². The standard InChI is InChI=1S/C24H32N4O2/c1-19-9-11-21(12-10-19)30-18-20(29)17-28-23-8-4-3-7-22(23)27(24(28)25)16-15-26-13-5-2-6-14-26/h3-4,7-12,20,25,29H,2,5-6,13-18H2,1H3/p+1/t20-/m1/s1. The molecule has 1 fully saturated rings. The quantitative estimate of drug-likeness (QED) is 0.562. The number of anilines is 1. The molecule has 160 valence electrons. The van der Waals surface area contributed by atoms with Crippen molar-refractivity contribution in [1.82, 2.24) is 9.47 Å². The molecule has 0 aliphatic carbocycles. The Morgan fingerprint density at radius 2 is 1.77 bits per heavy atom. The molecule has 3 aromatic rings. The predicted octanol–water partition coefficient (Wildman–Crippen LogP) is 2.75. The number of imidazole rings is 1. The number of benzene rings is 2. The summed E-state index contributed by atoms with van der Waals surface area (Å²) in [6, 6.07) is 16.1. The Labute approximate surface area is 178 Å². The van der Waals surface area contributed by atoms with Crippen LogP contribution in [0.25, 0.3) is 11.0 Å². The Kier molecular flexibility index (Phi) is 6.55. The minimum atomic E-state index is -0.653. The van der Waals surface area contributed by atoms with Gasteiger partial charge in [-0.1, -0.05) is 36.2 Å². The number of hydrogen-bond donors (Lipinski definition) is 2. The van der Waals surface area contributed by atoms with Crippen LogP contribution >= 0.6 is 0 Å². The molecular weight excluding hydrogens is 376 g/mol. The SMILES string of the molecule is Cc1ccc(OC[C@H](O)C[n+]2c(N)n(CCN3CCCCC3)c3ccccc32)cc1. The van der Waals surface area contributed by atoms with Crippen LogP contribution in [0.3, 0.4) is 0 Å². The normalized spacial score (nSPS) is 16.1. The fourth-order valence-electron chi connectivity index (χ4n) is 4.25. The Hall–Kier alpha value is -2.57. The number of aliphatic hydroxyl groups is 1. The number of hydrogen-bond acceptors (Lipinski definition) is 4. The Morgan fingerprint density at radius 3 is 2.53 bits per heavy atom. The van der Waals surface area contributed by atoms with E-state index < -0.39 is 6.10 Å². The van der Waals surface area contributed by atoms with Crippen LogP contribution in [0, 0.1) is 6.92 Å². The van der Waals surface area contributed by atoms with Gasteiger partial charge in [0.2, 0.25) is 0 Å². The van der Waals surface area contributed by atoms with E-state index in [1.807, 2.05) is 47.9 Å². The molecule has 0 spiro atoms. The Bertz CT molecular complexity index is 961. The molecule has 30 heavy (non-hydrogen) atoms. The zero-order chi connectivity index (χ0) is 20.9. The van der Waals surface area contributed by atoms with E-state index in [9.17, 15) is 5.11 Å². The van der Waals surface area contributed by atoms with Crippen LogP contribution in [0.4, 0.5) is 5.95 Å². The molecule has 6 heteroatoms. The molecule has 0 bridgehead atoms. The molecule has 0 amide bonds. The summed E-state index contributed by atoms with van der Waals surface area (Å²) in [4.78, 5) is 2.52. The van der Waals surface area contributed by atoms with Gasteiger partial charge < -0.3 is 14.7 Å². The van der Waals surface area contributed by atoms with Crippen LogP contribution in [0.15, 0.2) is 48.5 Å². The molecule has 1 aliphatic rings. The minimum absolute atomic E-state index is 0.225. The van der Waals surface area contributed by atoms with E-state index in [0.29, 0.717) is 12.5 Å². The predicted molar refractivity (Wildman–Crippen MR) is 120 cm³/mol. The van der Waals surface area contributed by atoms with Gasteiger partial charge in [0.25, 0.3) is 0 Å². The lowest BCUT2D eigenvalue weighted by molar-refractivity contribution is -0.665. The lowest BCUT2D eigenvalue weighted by Gasteiger charge is -2.25. The first-order valence-corrected chi connectivity index (χ1v) is 11.0. The second kappa shape index (κ2) is 9.49. The smallest absolute Gasteiger partial charge is 0.356 e. The third kappa shape index (κ3) is 4.77. The van der Waals surface area contributed by atoms with Crippen LogP contribution in [0.5, 0.6) is 5.75 Å². The maximum Gasteiger partial charge on any atom is 0.356 e. The van der Waals surface area contributed by atoms with Gasteiger partial charge >= 0.3 is 5.95 Å². The number of nitrogens with zero attached hydrogens (tertiary/aromatic N) is 3. The molecule has 4 rings (SSSR count). The second-order valence-corrected chi connectivity index (χ2v) is 8.29. The van der Waals surface area contributed by atoms with Gasteiger partial charge in [-0.15, -0.1) is 0 Å². The zero-order valence-corrected chi connectivity index (χ0v) is 17.8. The number of para-hydroxylation sites is 2. The number of nitrogens with two attached hydrogens (primary N) is 1. The first kappa shape index (κ1) is 20.7. The monoisotopic (exact) mass is 409 g/mol. The molecule has 1 aliphatic heterocycles. The van der Waals surface area contributed by atoms with E-state index in [0.717, 1.165) is 29.9 Å². The molecule has 2 heterocycles. The van der Waals surface area contributed by atoms with Crippen molar-refractivity contribution in [3.8, 4) is 5.75 Å². The lowest BCUT2D eigenvalue weighted by Crippen LogP contribution is -2.44. The molecule has 0 saturated carbocycles. The van der Waals surface area contributed by atoms with Crippen LogP contribution in [0.2, 0.25) is 0 Å². The van der Waals surface area contributed by atoms with Crippen LogP contribution in [-0.4, -0.2) is 46.9 Å². The minimum Gasteiger partial charge on any atom is -0.491 e. The summed E-state index contributed by atoms with van der Waals surface area (Å²) in [5.74, 6) is 1.45. The molecule has 2 aromatic carbocycles. The van der Waals surface area contributed by atoms with Crippen molar-refractivity contribution in [1.29, 1.82) is 0 Å². The number of aliphatic hydroxyl groups excluding tert-OH is 1. The van der Waals surface area contributed by atoms with Crippen LogP contribution < -0.4 is 15.0 Å². The maximum atomic E-state index is 10.6. The van der Waals surface area contributed by atoms with E-state index in [1.54, 1.807) is 0 Å². The Morgan fingerprint density at radius 1 is 1.03 bits per heavy atom. The van der Waals surface area contributed by atoms with Gasteiger partial charge in [-0.25, -0.2) is 9.13 Å². The molecule has 1 atom stereocenters. The van der Waals surface area contributed by atoms with E-state index in [-0.39, 0.29) is 6.61 Å². The zero-order valence-electron chi connectivity index (χ0n) is 17.8. The van der Waals surface area contributed by atoms with Crippen molar-refractivity contribution in [3.63, 3.8) is 0 Å². The Balaban J connectivity index is 1.46. The molecular formula is C24H33N4O2+. The van der Waals surface area contributed by atoms with Crippen molar-refractivity contribution in [2.24, 2.45) is 0 Å². The number of likely N-dealkylation sites (tertiary alicyclic amines) is 1. The van der Waals surface area contributed by atoms with E-state index >= 15 is 0 Å². The van der Waals surface area contributed by atoms with Crippen molar-refractivity contribution < 1.29 is 14.4 Å². The molecule has 0 radical (unpaired) electrons. The summed E-state index contributed by atoms with van der Waals surface area (Å²) in [7, 11) is 0. The number of piperidine rings is 1. The van der Waals surface area contributed by atoms with Gasteiger partial charge in [0.1, 0.15) is 36.0 Å². The molecule has 3 N–H and O–H groups in total. The molecule has 6 nitrogen and oxygen atoms in total.